The lowest BCUT2D eigenvalue weighted by atomic mass is 10.1. The average Bonchev–Trinajstić information content (AvgIpc) is 2.15. The van der Waals surface area contributed by atoms with Crippen LogP contribution in [0.3, 0.4) is 0 Å². The Labute approximate surface area is 116 Å². The molecule has 1 rings (SSSR count). The molecule has 0 aliphatic carbocycles. The molecule has 5 heteroatoms. The fourth-order valence-electron chi connectivity index (χ4n) is 2.21. The Hall–Kier alpha value is -0.650. The number of carbonyl (C=O) groups is 1. The summed E-state index contributed by atoms with van der Waals surface area (Å²) in [5, 5.41) is 9.78. The molecule has 0 aromatic rings. The van der Waals surface area contributed by atoms with Crippen molar-refractivity contribution in [3.8, 4) is 0 Å². The highest BCUT2D eigenvalue weighted by molar-refractivity contribution is 5.72. The van der Waals surface area contributed by atoms with Crippen molar-refractivity contribution in [3.63, 3.8) is 0 Å². The molecule has 0 atom stereocenters. The number of esters is 1. The summed E-state index contributed by atoms with van der Waals surface area (Å²) in [6, 6.07) is 0. The zero-order chi connectivity index (χ0) is 14.7. The molecule has 0 saturated carbocycles. The highest BCUT2D eigenvalue weighted by atomic mass is 16.6. The summed E-state index contributed by atoms with van der Waals surface area (Å²) in [7, 11) is 0. The van der Waals surface area contributed by atoms with Gasteiger partial charge in [-0.05, 0) is 34.6 Å². The normalized spacial score (nSPS) is 19.5. The number of nitrogens with zero attached hydrogens (tertiary/aromatic N) is 2. The largest absolute Gasteiger partial charge is 0.459 e. The van der Waals surface area contributed by atoms with E-state index >= 15 is 0 Å². The molecule has 0 amide bonds. The molecule has 1 fully saturated rings. The number of ether oxygens (including phenoxy) is 1. The van der Waals surface area contributed by atoms with Crippen LogP contribution in [0.15, 0.2) is 0 Å². The SMILES string of the molecule is CC(C)(O)CN1CCN(CC(=O)OC(C)(C)C)CC1. The Morgan fingerprint density at radius 3 is 1.95 bits per heavy atom. The number of aliphatic hydroxyl groups is 1. The summed E-state index contributed by atoms with van der Waals surface area (Å²) < 4.78 is 5.31. The van der Waals surface area contributed by atoms with Gasteiger partial charge in [0, 0.05) is 32.7 Å². The second kappa shape index (κ2) is 6.20. The van der Waals surface area contributed by atoms with Gasteiger partial charge in [-0.1, -0.05) is 0 Å². The number of hydrogen-bond donors (Lipinski definition) is 1. The number of β-amino-alcohol motifs (C(OH)–C–C–N with tert-alkyl or cyclic N) is 1. The topological polar surface area (TPSA) is 53.0 Å². The highest BCUT2D eigenvalue weighted by Crippen LogP contribution is 2.10. The summed E-state index contributed by atoms with van der Waals surface area (Å²) in [6.07, 6.45) is 0. The molecule has 19 heavy (non-hydrogen) atoms. The molecule has 1 aliphatic heterocycles. The minimum atomic E-state index is -0.659. The van der Waals surface area contributed by atoms with Crippen LogP contribution in [0, 0.1) is 0 Å². The first-order chi connectivity index (χ1) is 8.55. The highest BCUT2D eigenvalue weighted by Gasteiger charge is 2.25. The number of hydrogen-bond acceptors (Lipinski definition) is 5. The Morgan fingerprint density at radius 1 is 1.05 bits per heavy atom. The Balaban J connectivity index is 2.29. The second-order valence-electron chi connectivity index (χ2n) is 6.95. The van der Waals surface area contributed by atoms with E-state index in [0.29, 0.717) is 13.1 Å². The van der Waals surface area contributed by atoms with Crippen molar-refractivity contribution < 1.29 is 14.6 Å². The predicted octanol–water partition coefficient (Wildman–Crippen LogP) is 0.717. The predicted molar refractivity (Wildman–Crippen MR) is 75.0 cm³/mol. The molecule has 0 spiro atoms. The zero-order valence-corrected chi connectivity index (χ0v) is 12.9. The van der Waals surface area contributed by atoms with E-state index in [2.05, 4.69) is 9.80 Å². The number of carbonyl (C=O) groups excluding carboxylic acids is 1. The van der Waals surface area contributed by atoms with Crippen molar-refractivity contribution in [2.75, 3.05) is 39.3 Å². The summed E-state index contributed by atoms with van der Waals surface area (Å²) in [6.45, 7) is 13.8. The van der Waals surface area contributed by atoms with Crippen LogP contribution in [0.4, 0.5) is 0 Å². The molecule has 112 valence electrons. The first kappa shape index (κ1) is 16.4. The van der Waals surface area contributed by atoms with Crippen LogP contribution < -0.4 is 0 Å². The summed E-state index contributed by atoms with van der Waals surface area (Å²) in [5.74, 6) is -0.163. The molecule has 0 aromatic heterocycles. The van der Waals surface area contributed by atoms with Crippen LogP contribution in [0.25, 0.3) is 0 Å². The standard InChI is InChI=1S/C14H28N2O3/c1-13(2,3)19-12(17)10-15-6-8-16(9-7-15)11-14(4,5)18/h18H,6-11H2,1-5H3. The Kier molecular flexibility index (Phi) is 5.35. The first-order valence-corrected chi connectivity index (χ1v) is 6.94. The molecule has 1 aliphatic rings. The van der Waals surface area contributed by atoms with Crippen LogP contribution in [-0.2, 0) is 9.53 Å². The number of piperazine rings is 1. The van der Waals surface area contributed by atoms with Crippen molar-refractivity contribution in [1.29, 1.82) is 0 Å². The van der Waals surface area contributed by atoms with Crippen molar-refractivity contribution in [3.05, 3.63) is 0 Å². The third-order valence-corrected chi connectivity index (χ3v) is 2.85. The summed E-state index contributed by atoms with van der Waals surface area (Å²) >= 11 is 0. The third-order valence-electron chi connectivity index (χ3n) is 2.85. The van der Waals surface area contributed by atoms with Gasteiger partial charge in [0.25, 0.3) is 0 Å². The van der Waals surface area contributed by atoms with Crippen molar-refractivity contribution in [2.45, 2.75) is 45.8 Å². The zero-order valence-electron chi connectivity index (χ0n) is 12.9. The van der Waals surface area contributed by atoms with Gasteiger partial charge in [-0.15, -0.1) is 0 Å². The van der Waals surface area contributed by atoms with E-state index in [9.17, 15) is 9.90 Å². The molecule has 5 nitrogen and oxygen atoms in total. The fourth-order valence-corrected chi connectivity index (χ4v) is 2.21. The number of rotatable bonds is 4. The van der Waals surface area contributed by atoms with Crippen LogP contribution in [0.5, 0.6) is 0 Å². The maximum Gasteiger partial charge on any atom is 0.320 e. The molecule has 0 bridgehead atoms. The lowest BCUT2D eigenvalue weighted by Gasteiger charge is -2.37. The Morgan fingerprint density at radius 2 is 1.53 bits per heavy atom. The second-order valence-corrected chi connectivity index (χ2v) is 6.95. The molecule has 1 N–H and O–H groups in total. The van der Waals surface area contributed by atoms with Gasteiger partial charge in [0.05, 0.1) is 12.1 Å². The maximum absolute atomic E-state index is 11.7. The Bertz CT molecular complexity index is 297. The molecule has 0 radical (unpaired) electrons. The van der Waals surface area contributed by atoms with Gasteiger partial charge in [-0.3, -0.25) is 14.6 Å². The van der Waals surface area contributed by atoms with E-state index in [0.717, 1.165) is 26.2 Å². The van der Waals surface area contributed by atoms with E-state index in [4.69, 9.17) is 4.74 Å². The van der Waals surface area contributed by atoms with Crippen molar-refractivity contribution in [1.82, 2.24) is 9.80 Å². The molecular formula is C14H28N2O3. The van der Waals surface area contributed by atoms with Gasteiger partial charge in [-0.25, -0.2) is 0 Å². The molecule has 1 heterocycles. The van der Waals surface area contributed by atoms with Gasteiger partial charge >= 0.3 is 5.97 Å². The fraction of sp³-hybridized carbons (Fsp3) is 0.929. The average molecular weight is 272 g/mol. The monoisotopic (exact) mass is 272 g/mol. The van der Waals surface area contributed by atoms with Crippen LogP contribution in [0.2, 0.25) is 0 Å². The molecule has 1 saturated heterocycles. The van der Waals surface area contributed by atoms with Crippen molar-refractivity contribution >= 4 is 5.97 Å². The van der Waals surface area contributed by atoms with Gasteiger partial charge < -0.3 is 9.84 Å². The maximum atomic E-state index is 11.7. The van der Waals surface area contributed by atoms with E-state index in [1.807, 2.05) is 34.6 Å². The lowest BCUT2D eigenvalue weighted by molar-refractivity contribution is -0.156. The van der Waals surface area contributed by atoms with Gasteiger partial charge in [0.1, 0.15) is 5.60 Å². The third kappa shape index (κ3) is 7.50. The smallest absolute Gasteiger partial charge is 0.320 e. The van der Waals surface area contributed by atoms with E-state index in [1.54, 1.807) is 0 Å². The van der Waals surface area contributed by atoms with Crippen molar-refractivity contribution in [2.24, 2.45) is 0 Å². The minimum absolute atomic E-state index is 0.163. The molecule has 0 unspecified atom stereocenters. The minimum Gasteiger partial charge on any atom is -0.459 e. The van der Waals surface area contributed by atoms with Gasteiger partial charge in [0.15, 0.2) is 0 Å². The van der Waals surface area contributed by atoms with Crippen LogP contribution in [0.1, 0.15) is 34.6 Å². The van der Waals surface area contributed by atoms with Crippen LogP contribution in [-0.4, -0.2) is 71.3 Å². The van der Waals surface area contributed by atoms with Crippen LogP contribution >= 0.6 is 0 Å². The molecular weight excluding hydrogens is 244 g/mol. The first-order valence-electron chi connectivity index (χ1n) is 6.94. The summed E-state index contributed by atoms with van der Waals surface area (Å²) in [4.78, 5) is 16.1. The quantitative estimate of drug-likeness (QED) is 0.764. The van der Waals surface area contributed by atoms with E-state index < -0.39 is 11.2 Å². The van der Waals surface area contributed by atoms with Gasteiger partial charge in [0.2, 0.25) is 0 Å². The van der Waals surface area contributed by atoms with E-state index in [-0.39, 0.29) is 5.97 Å². The van der Waals surface area contributed by atoms with Gasteiger partial charge in [-0.2, -0.15) is 0 Å². The molecule has 0 aromatic carbocycles. The lowest BCUT2D eigenvalue weighted by Crippen LogP contribution is -2.51. The summed E-state index contributed by atoms with van der Waals surface area (Å²) in [5.41, 5.74) is -1.08. The van der Waals surface area contributed by atoms with E-state index in [1.165, 1.54) is 0 Å².